The molecule has 5 heteroatoms. The first-order valence-corrected chi connectivity index (χ1v) is 8.03. The van der Waals surface area contributed by atoms with Gasteiger partial charge in [0.15, 0.2) is 0 Å². The second kappa shape index (κ2) is 6.74. The van der Waals surface area contributed by atoms with E-state index in [0.29, 0.717) is 24.4 Å². The Hall–Kier alpha value is -2.82. The molecule has 1 heterocycles. The zero-order chi connectivity index (χ0) is 17.1. The third-order valence-corrected chi connectivity index (χ3v) is 4.04. The molecule has 0 fully saturated rings. The Labute approximate surface area is 141 Å². The molecule has 0 unspecified atom stereocenters. The van der Waals surface area contributed by atoms with E-state index in [1.807, 2.05) is 43.3 Å². The van der Waals surface area contributed by atoms with Crippen LogP contribution in [0.3, 0.4) is 0 Å². The molecule has 5 nitrogen and oxygen atoms in total. The van der Waals surface area contributed by atoms with Crippen LogP contribution in [-0.4, -0.2) is 25.0 Å². The Kier molecular flexibility index (Phi) is 4.51. The van der Waals surface area contributed by atoms with Crippen molar-refractivity contribution in [1.29, 1.82) is 0 Å². The van der Waals surface area contributed by atoms with Crippen molar-refractivity contribution in [2.75, 3.05) is 23.4 Å². The molecule has 1 aliphatic rings. The summed E-state index contributed by atoms with van der Waals surface area (Å²) in [5.74, 6) is 0.640. The average Bonchev–Trinajstić information content (AvgIpc) is 3.00. The van der Waals surface area contributed by atoms with Gasteiger partial charge in [0.2, 0.25) is 5.91 Å². The number of ether oxygens (including phenoxy) is 1. The quantitative estimate of drug-likeness (QED) is 0.939. The van der Waals surface area contributed by atoms with Crippen LogP contribution in [0, 0.1) is 0 Å². The normalized spacial score (nSPS) is 12.7. The van der Waals surface area contributed by atoms with Crippen molar-refractivity contribution >= 4 is 23.2 Å². The van der Waals surface area contributed by atoms with Crippen LogP contribution in [0.25, 0.3) is 0 Å². The number of anilines is 2. The summed E-state index contributed by atoms with van der Waals surface area (Å²) in [4.78, 5) is 25.7. The summed E-state index contributed by atoms with van der Waals surface area (Å²) in [6.45, 7) is 4.77. The molecule has 0 saturated carbocycles. The van der Waals surface area contributed by atoms with Crippen LogP contribution in [0.15, 0.2) is 42.5 Å². The summed E-state index contributed by atoms with van der Waals surface area (Å²) >= 11 is 0. The van der Waals surface area contributed by atoms with Crippen molar-refractivity contribution in [3.8, 4) is 5.75 Å². The van der Waals surface area contributed by atoms with Gasteiger partial charge in [0.05, 0.1) is 6.61 Å². The number of amides is 2. The highest BCUT2D eigenvalue weighted by Gasteiger charge is 2.23. The molecule has 0 saturated heterocycles. The highest BCUT2D eigenvalue weighted by atomic mass is 16.5. The van der Waals surface area contributed by atoms with Gasteiger partial charge in [0.1, 0.15) is 5.75 Å². The van der Waals surface area contributed by atoms with Gasteiger partial charge in [-0.1, -0.05) is 0 Å². The molecule has 0 aliphatic carbocycles. The number of benzene rings is 2. The van der Waals surface area contributed by atoms with Gasteiger partial charge in [-0.2, -0.15) is 0 Å². The Morgan fingerprint density at radius 3 is 2.58 bits per heavy atom. The Balaban J connectivity index is 1.73. The van der Waals surface area contributed by atoms with Gasteiger partial charge >= 0.3 is 0 Å². The minimum absolute atomic E-state index is 0.0281. The van der Waals surface area contributed by atoms with Crippen molar-refractivity contribution in [1.82, 2.24) is 0 Å². The predicted molar refractivity (Wildman–Crippen MR) is 93.7 cm³/mol. The minimum Gasteiger partial charge on any atom is -0.494 e. The summed E-state index contributed by atoms with van der Waals surface area (Å²) in [6.07, 6.45) is 0.777. The molecular weight excluding hydrogens is 304 g/mol. The van der Waals surface area contributed by atoms with Crippen LogP contribution in [0.1, 0.15) is 29.8 Å². The monoisotopic (exact) mass is 324 g/mol. The molecule has 2 aromatic carbocycles. The number of carbonyl (C=O) groups excluding carboxylic acids is 2. The Morgan fingerprint density at radius 2 is 1.92 bits per heavy atom. The summed E-state index contributed by atoms with van der Waals surface area (Å²) in [7, 11) is 0. The molecule has 1 N–H and O–H groups in total. The number of hydrogen-bond acceptors (Lipinski definition) is 3. The summed E-state index contributed by atoms with van der Waals surface area (Å²) in [5.41, 5.74) is 3.24. The van der Waals surface area contributed by atoms with Crippen LogP contribution in [0.5, 0.6) is 5.75 Å². The van der Waals surface area contributed by atoms with Crippen LogP contribution < -0.4 is 15.0 Å². The van der Waals surface area contributed by atoms with E-state index in [1.54, 1.807) is 17.9 Å². The number of rotatable bonds is 4. The molecule has 0 bridgehead atoms. The fourth-order valence-electron chi connectivity index (χ4n) is 2.87. The lowest BCUT2D eigenvalue weighted by Gasteiger charge is -2.14. The maximum atomic E-state index is 12.4. The molecule has 3 rings (SSSR count). The Morgan fingerprint density at radius 1 is 1.17 bits per heavy atom. The first-order chi connectivity index (χ1) is 11.6. The first-order valence-electron chi connectivity index (χ1n) is 8.03. The van der Waals surface area contributed by atoms with Crippen molar-refractivity contribution in [2.24, 2.45) is 0 Å². The molecule has 0 atom stereocenters. The lowest BCUT2D eigenvalue weighted by molar-refractivity contribution is -0.116. The van der Waals surface area contributed by atoms with E-state index in [1.165, 1.54) is 0 Å². The van der Waals surface area contributed by atoms with E-state index in [0.717, 1.165) is 23.4 Å². The number of nitrogens with zero attached hydrogens (tertiary/aromatic N) is 1. The molecule has 0 spiro atoms. The fourth-order valence-corrected chi connectivity index (χ4v) is 2.87. The van der Waals surface area contributed by atoms with Gasteiger partial charge < -0.3 is 15.0 Å². The van der Waals surface area contributed by atoms with Gasteiger partial charge in [-0.3, -0.25) is 9.59 Å². The highest BCUT2D eigenvalue weighted by molar-refractivity contribution is 6.05. The molecule has 24 heavy (non-hydrogen) atoms. The summed E-state index contributed by atoms with van der Waals surface area (Å²) in [6, 6.07) is 12.7. The number of hydrogen-bond donors (Lipinski definition) is 1. The fraction of sp³-hybridized carbons (Fsp3) is 0.263. The predicted octanol–water partition coefficient (Wildman–Crippen LogP) is 3.25. The van der Waals surface area contributed by atoms with Crippen molar-refractivity contribution in [3.05, 3.63) is 53.6 Å². The smallest absolute Gasteiger partial charge is 0.255 e. The summed E-state index contributed by atoms with van der Waals surface area (Å²) < 4.78 is 5.39. The highest BCUT2D eigenvalue weighted by Crippen LogP contribution is 2.29. The molecule has 2 amide bonds. The second-order valence-corrected chi connectivity index (χ2v) is 5.68. The van der Waals surface area contributed by atoms with Gasteiger partial charge in [-0.15, -0.1) is 0 Å². The van der Waals surface area contributed by atoms with Crippen LogP contribution >= 0.6 is 0 Å². The zero-order valence-electron chi connectivity index (χ0n) is 13.8. The standard InChI is InChI=1S/C19H20N2O3/c1-3-24-17-7-5-16(6-8-17)20-19(23)15-4-9-18-14(12-15)10-11-21(18)13(2)22/h4-9,12H,3,10-11H2,1-2H3,(H,20,23). The van der Waals surface area contributed by atoms with E-state index in [4.69, 9.17) is 4.74 Å². The van der Waals surface area contributed by atoms with E-state index in [2.05, 4.69) is 5.32 Å². The van der Waals surface area contributed by atoms with Crippen LogP contribution in [0.4, 0.5) is 11.4 Å². The number of nitrogens with one attached hydrogen (secondary N) is 1. The van der Waals surface area contributed by atoms with Crippen molar-refractivity contribution in [2.45, 2.75) is 20.3 Å². The Bertz CT molecular complexity index is 769. The van der Waals surface area contributed by atoms with Crippen molar-refractivity contribution in [3.63, 3.8) is 0 Å². The van der Waals surface area contributed by atoms with E-state index < -0.39 is 0 Å². The molecule has 0 radical (unpaired) electrons. The average molecular weight is 324 g/mol. The minimum atomic E-state index is -0.164. The maximum absolute atomic E-state index is 12.4. The third kappa shape index (κ3) is 3.25. The molecule has 1 aliphatic heterocycles. The number of carbonyl (C=O) groups is 2. The van der Waals surface area contributed by atoms with Gasteiger partial charge in [-0.25, -0.2) is 0 Å². The van der Waals surface area contributed by atoms with Crippen molar-refractivity contribution < 1.29 is 14.3 Å². The second-order valence-electron chi connectivity index (χ2n) is 5.68. The van der Waals surface area contributed by atoms with E-state index in [-0.39, 0.29) is 11.8 Å². The lowest BCUT2D eigenvalue weighted by Crippen LogP contribution is -2.25. The zero-order valence-corrected chi connectivity index (χ0v) is 13.8. The van der Waals surface area contributed by atoms with Gasteiger partial charge in [0.25, 0.3) is 5.91 Å². The topological polar surface area (TPSA) is 58.6 Å². The van der Waals surface area contributed by atoms with Gasteiger partial charge in [-0.05, 0) is 61.4 Å². The van der Waals surface area contributed by atoms with Gasteiger partial charge in [0, 0.05) is 30.4 Å². The largest absolute Gasteiger partial charge is 0.494 e. The molecule has 124 valence electrons. The first kappa shape index (κ1) is 16.1. The lowest BCUT2D eigenvalue weighted by atomic mass is 10.1. The third-order valence-electron chi connectivity index (χ3n) is 4.04. The SMILES string of the molecule is CCOc1ccc(NC(=O)c2ccc3c(c2)CCN3C(C)=O)cc1. The van der Waals surface area contributed by atoms with E-state index in [9.17, 15) is 9.59 Å². The maximum Gasteiger partial charge on any atom is 0.255 e. The molecule has 2 aromatic rings. The van der Waals surface area contributed by atoms with Crippen LogP contribution in [-0.2, 0) is 11.2 Å². The summed E-state index contributed by atoms with van der Waals surface area (Å²) in [5, 5.41) is 2.88. The number of fused-ring (bicyclic) bond motifs is 1. The van der Waals surface area contributed by atoms with Crippen LogP contribution in [0.2, 0.25) is 0 Å². The molecular formula is C19H20N2O3. The molecule has 0 aromatic heterocycles. The van der Waals surface area contributed by atoms with E-state index >= 15 is 0 Å².